The normalized spacial score (nSPS) is 20.1. The van der Waals surface area contributed by atoms with Crippen LogP contribution in [0.4, 0.5) is 0 Å². The van der Waals surface area contributed by atoms with E-state index >= 15 is 0 Å². The van der Waals surface area contributed by atoms with Crippen LogP contribution < -0.4 is 42.5 Å². The highest BCUT2D eigenvalue weighted by molar-refractivity contribution is 8.01. The fourth-order valence-corrected chi connectivity index (χ4v) is 11.5. The summed E-state index contributed by atoms with van der Waals surface area (Å²) in [6.45, 7) is 7.68. The lowest BCUT2D eigenvalue weighted by Gasteiger charge is -2.25. The van der Waals surface area contributed by atoms with Gasteiger partial charge in [0, 0.05) is 79.5 Å². The summed E-state index contributed by atoms with van der Waals surface area (Å²) in [7, 11) is 0. The maximum absolute atomic E-state index is 13.8. The Bertz CT molecular complexity index is 2310. The summed E-state index contributed by atoms with van der Waals surface area (Å²) in [6.07, 6.45) is 3.01. The minimum atomic E-state index is -1.11. The van der Waals surface area contributed by atoms with E-state index < -0.39 is 68.0 Å². The molecule has 0 saturated carbocycles. The van der Waals surface area contributed by atoms with Crippen LogP contribution in [0.1, 0.15) is 50.2 Å². The van der Waals surface area contributed by atoms with Gasteiger partial charge in [-0.25, -0.2) is 0 Å². The highest BCUT2D eigenvalue weighted by Crippen LogP contribution is 2.40. The van der Waals surface area contributed by atoms with Gasteiger partial charge in [0.15, 0.2) is 0 Å². The first kappa shape index (κ1) is 52.7. The molecule has 0 unspecified atom stereocenters. The summed E-state index contributed by atoms with van der Waals surface area (Å²) in [4.78, 5) is 90.3. The van der Waals surface area contributed by atoms with Gasteiger partial charge in [0.25, 0.3) is 0 Å². The maximum atomic E-state index is 13.8. The van der Waals surface area contributed by atoms with Crippen molar-refractivity contribution in [1.82, 2.24) is 52.5 Å². The Morgan fingerprint density at radius 1 is 0.588 bits per heavy atom. The van der Waals surface area contributed by atoms with Crippen LogP contribution in [0.3, 0.4) is 0 Å². The first-order valence-corrected chi connectivity index (χ1v) is 24.8. The third-order valence-corrected chi connectivity index (χ3v) is 15.2. The number of thioether (sulfide) groups is 2. The number of nitrogens with one attached hydrogen (secondary N) is 8. The Morgan fingerprint density at radius 3 is 1.34 bits per heavy atom. The molecule has 16 nitrogen and oxygen atoms in total. The van der Waals surface area contributed by atoms with Gasteiger partial charge >= 0.3 is 0 Å². The number of benzene rings is 2. The summed E-state index contributed by atoms with van der Waals surface area (Å²) in [5.74, 6) is -2.63. The second-order valence-electron chi connectivity index (χ2n) is 17.1. The van der Waals surface area contributed by atoms with E-state index in [2.05, 4.69) is 52.5 Å². The minimum absolute atomic E-state index is 0.0603. The fourth-order valence-electron chi connectivity index (χ4n) is 7.53. The molecule has 6 rings (SSSR count). The van der Waals surface area contributed by atoms with Crippen molar-refractivity contribution in [3.05, 3.63) is 128 Å². The van der Waals surface area contributed by atoms with Gasteiger partial charge in [0.2, 0.25) is 35.4 Å². The van der Waals surface area contributed by atoms with Crippen LogP contribution in [0.2, 0.25) is 20.1 Å². The van der Waals surface area contributed by atoms with Crippen molar-refractivity contribution in [3.63, 3.8) is 0 Å². The fraction of sp³-hybridized carbons (Fsp3) is 0.391. The third kappa shape index (κ3) is 14.4. The highest BCUT2D eigenvalue weighted by Gasteiger charge is 2.50. The minimum Gasteiger partial charge on any atom is -0.353 e. The maximum Gasteiger partial charge on any atom is 0.245 e. The molecule has 2 aromatic carbocycles. The zero-order valence-electron chi connectivity index (χ0n) is 37.5. The topological polar surface area (TPSA) is 224 Å². The Labute approximate surface area is 423 Å². The first-order chi connectivity index (χ1) is 32.3. The molecule has 4 aromatic rings. The molecule has 2 fully saturated rings. The number of carbonyl (C=O) groups excluding carboxylic acids is 6. The number of rotatable bonds is 19. The number of halogens is 4. The molecule has 2 aliphatic heterocycles. The van der Waals surface area contributed by atoms with E-state index in [4.69, 9.17) is 46.4 Å². The van der Waals surface area contributed by atoms with E-state index in [9.17, 15) is 28.8 Å². The van der Waals surface area contributed by atoms with Crippen molar-refractivity contribution in [1.29, 1.82) is 0 Å². The zero-order chi connectivity index (χ0) is 49.2. The molecule has 6 atom stereocenters. The third-order valence-electron chi connectivity index (χ3n) is 11.0. The van der Waals surface area contributed by atoms with Gasteiger partial charge in [-0.05, 0) is 87.4 Å². The monoisotopic (exact) mass is 1040 g/mol. The van der Waals surface area contributed by atoms with Gasteiger partial charge in [-0.1, -0.05) is 70.7 Å². The lowest BCUT2D eigenvalue weighted by atomic mass is 10.0. The number of nitrogens with zero attached hydrogens (tertiary/aromatic N) is 2. The summed E-state index contributed by atoms with van der Waals surface area (Å²) in [5, 5.41) is 23.9. The number of amides is 6. The molecule has 2 saturated heterocycles. The van der Waals surface area contributed by atoms with E-state index in [1.165, 1.54) is 23.5 Å². The van der Waals surface area contributed by atoms with Gasteiger partial charge in [0.1, 0.15) is 24.2 Å². The van der Waals surface area contributed by atoms with Gasteiger partial charge in [-0.15, -0.1) is 23.5 Å². The van der Waals surface area contributed by atoms with Gasteiger partial charge in [0.05, 0.1) is 23.6 Å². The predicted octanol–water partition coefficient (Wildman–Crippen LogP) is 4.33. The molecule has 22 heteroatoms. The van der Waals surface area contributed by atoms with E-state index in [1.807, 2.05) is 27.7 Å². The van der Waals surface area contributed by atoms with Crippen molar-refractivity contribution in [2.75, 3.05) is 13.1 Å². The summed E-state index contributed by atoms with van der Waals surface area (Å²) in [5.41, 5.74) is 2.28. The van der Waals surface area contributed by atoms with E-state index in [0.717, 1.165) is 0 Å². The SMILES string of the molecule is CC1(C)S[C@H]([C@H](NC(=O)Cc2ccccn2)C(=O)NCc2ccc(Cl)cc2Cl)N[C@H]1C(=O)NCCNC(=O)[C@@H]1N[C@@H]([C@H](NC(=O)Cc2ccccn2)C(=O)NCc2ccc(Cl)cc2Cl)SC1(C)C. The average molecular weight is 1050 g/mol. The van der Waals surface area contributed by atoms with Crippen molar-refractivity contribution in [2.24, 2.45) is 0 Å². The Kier molecular flexibility index (Phi) is 18.4. The molecule has 0 radical (unpaired) electrons. The number of carbonyl (C=O) groups is 6. The van der Waals surface area contributed by atoms with E-state index in [1.54, 1.807) is 85.2 Å². The van der Waals surface area contributed by atoms with Crippen molar-refractivity contribution < 1.29 is 28.8 Å². The van der Waals surface area contributed by atoms with Gasteiger partial charge in [-0.2, -0.15) is 0 Å². The molecule has 0 spiro atoms. The van der Waals surface area contributed by atoms with Gasteiger partial charge < -0.3 is 31.9 Å². The van der Waals surface area contributed by atoms with Crippen LogP contribution in [-0.2, 0) is 54.7 Å². The predicted molar refractivity (Wildman–Crippen MR) is 267 cm³/mol. The molecule has 8 N–H and O–H groups in total. The number of hydrogen-bond acceptors (Lipinski definition) is 12. The average Bonchev–Trinajstić information content (AvgIpc) is 3.79. The highest BCUT2D eigenvalue weighted by atomic mass is 35.5. The first-order valence-electron chi connectivity index (χ1n) is 21.5. The molecule has 68 heavy (non-hydrogen) atoms. The van der Waals surface area contributed by atoms with Crippen molar-refractivity contribution in [3.8, 4) is 0 Å². The Balaban J connectivity index is 1.05. The summed E-state index contributed by atoms with van der Waals surface area (Å²) < 4.78 is -1.49. The standard InChI is InChI=1S/C46H52Cl4N10O6S2/c1-45(2)37(59-43(67-45)35(57-33(61)21-29-9-5-7-15-51-29)39(63)55-23-25-11-13-27(47)19-31(25)49)41(65)53-17-18-54-42(66)38-46(3,4)68-44(60-38)36(58-34(62)22-30-10-6-8-16-52-30)40(64)56-24-26-12-14-28(48)20-32(26)50/h5-16,19-20,35-38,43-44,59-60H,17-18,21-24H2,1-4H3,(H,53,65)(H,54,66)(H,55,63)(H,56,64)(H,57,61)(H,58,62)/t35-,36-,37+,38+,43-,44-/m1/s1. The van der Waals surface area contributed by atoms with Gasteiger partial charge in [-0.3, -0.25) is 49.4 Å². The molecule has 2 aromatic heterocycles. The molecule has 362 valence electrons. The molecule has 6 amide bonds. The molecular formula is C46H52Cl4N10O6S2. The second kappa shape index (κ2) is 23.8. The lowest BCUT2D eigenvalue weighted by molar-refractivity contribution is -0.129. The summed E-state index contributed by atoms with van der Waals surface area (Å²) >= 11 is 27.5. The van der Waals surface area contributed by atoms with Crippen LogP contribution in [0, 0.1) is 0 Å². The Morgan fingerprint density at radius 2 is 0.985 bits per heavy atom. The van der Waals surface area contributed by atoms with Crippen molar-refractivity contribution in [2.45, 2.75) is 98.0 Å². The van der Waals surface area contributed by atoms with Crippen molar-refractivity contribution >= 4 is 105 Å². The van der Waals surface area contributed by atoms with Crippen LogP contribution in [0.25, 0.3) is 0 Å². The van der Waals surface area contributed by atoms with Crippen LogP contribution in [0.5, 0.6) is 0 Å². The molecular weight excluding hydrogens is 995 g/mol. The number of aromatic nitrogens is 2. The van der Waals surface area contributed by atoms with Crippen LogP contribution in [-0.4, -0.2) is 103 Å². The van der Waals surface area contributed by atoms with Crippen LogP contribution in [0.15, 0.2) is 85.2 Å². The van der Waals surface area contributed by atoms with E-state index in [0.29, 0.717) is 42.6 Å². The molecule has 2 aliphatic rings. The largest absolute Gasteiger partial charge is 0.353 e. The zero-order valence-corrected chi connectivity index (χ0v) is 42.1. The quantitative estimate of drug-likeness (QED) is 0.0615. The van der Waals surface area contributed by atoms with E-state index in [-0.39, 0.29) is 50.8 Å². The van der Waals surface area contributed by atoms with Crippen LogP contribution >= 0.6 is 69.9 Å². The molecule has 4 heterocycles. The number of pyridine rings is 2. The Hall–Kier alpha value is -4.66. The second-order valence-corrected chi connectivity index (χ2v) is 22.3. The lowest BCUT2D eigenvalue weighted by Crippen LogP contribution is -2.59. The molecule has 0 bridgehead atoms. The molecule has 0 aliphatic carbocycles. The smallest absolute Gasteiger partial charge is 0.245 e. The summed E-state index contributed by atoms with van der Waals surface area (Å²) in [6, 6.07) is 16.4. The number of hydrogen-bond donors (Lipinski definition) is 8.